The second kappa shape index (κ2) is 18.9. The van der Waals surface area contributed by atoms with E-state index in [0.717, 1.165) is 57.8 Å². The number of oxime groups is 1. The highest BCUT2D eigenvalue weighted by molar-refractivity contribution is 6.25. The number of ether oxygens (including phenoxy) is 4. The van der Waals surface area contributed by atoms with Gasteiger partial charge in [-0.15, -0.1) is 0 Å². The molecule has 3 aliphatic rings. The number of nitrogens with one attached hydrogen (secondary N) is 2. The van der Waals surface area contributed by atoms with Crippen LogP contribution in [-0.4, -0.2) is 120 Å². The maximum absolute atomic E-state index is 13.2. The summed E-state index contributed by atoms with van der Waals surface area (Å²) < 4.78 is 24.6. The molecule has 4 aromatic rings. The first-order chi connectivity index (χ1) is 27.9. The Balaban J connectivity index is 0.739. The molecule has 16 nitrogen and oxygen atoms in total. The molecule has 2 aromatic carbocycles. The van der Waals surface area contributed by atoms with Crippen LogP contribution in [0.15, 0.2) is 72.3 Å². The highest BCUT2D eigenvalue weighted by Crippen LogP contribution is 2.35. The number of aromatic nitrogens is 3. The molecule has 1 saturated heterocycles. The molecule has 4 heterocycles. The summed E-state index contributed by atoms with van der Waals surface area (Å²) in [4.78, 5) is 55.2. The van der Waals surface area contributed by atoms with Gasteiger partial charge in [0.1, 0.15) is 11.7 Å². The number of aryl methyl sites for hydroxylation is 2. The molecule has 2 aromatic heterocycles. The van der Waals surface area contributed by atoms with E-state index in [1.165, 1.54) is 5.56 Å². The topological polar surface area (TPSA) is 196 Å². The molecule has 0 saturated carbocycles. The van der Waals surface area contributed by atoms with Crippen LogP contribution in [0.4, 0.5) is 5.69 Å². The van der Waals surface area contributed by atoms with E-state index in [-0.39, 0.29) is 24.0 Å². The highest BCUT2D eigenvalue weighted by atomic mass is 16.6. The maximum Gasteiger partial charge on any atom is 0.264 e. The molecule has 57 heavy (non-hydrogen) atoms. The fourth-order valence-electron chi connectivity index (χ4n) is 7.22. The van der Waals surface area contributed by atoms with Crippen LogP contribution in [0.3, 0.4) is 0 Å². The van der Waals surface area contributed by atoms with E-state index < -0.39 is 29.7 Å². The third-order valence-electron chi connectivity index (χ3n) is 10.0. The molecule has 1 unspecified atom stereocenters. The SMILES string of the molecule is O=C1CCC(N2C(=O)c3cccc(NCCOCCOCCOCCOCCCn4cc(-c5ccc6c(c5)CC/C6=N\O)c(-c5ccncc5)n4)c3C2=O)C(=O)N1. The number of fused-ring (bicyclic) bond motifs is 2. The number of carbonyl (C=O) groups excluding carboxylic acids is 4. The Bertz CT molecular complexity index is 2120. The molecule has 1 aliphatic carbocycles. The van der Waals surface area contributed by atoms with Crippen LogP contribution in [0, 0.1) is 0 Å². The van der Waals surface area contributed by atoms with Crippen molar-refractivity contribution in [2.45, 2.75) is 44.7 Å². The summed E-state index contributed by atoms with van der Waals surface area (Å²) in [5.41, 5.74) is 7.78. The van der Waals surface area contributed by atoms with Crippen LogP contribution in [0.25, 0.3) is 22.4 Å². The van der Waals surface area contributed by atoms with Crippen molar-refractivity contribution in [3.8, 4) is 22.4 Å². The number of hydrogen-bond acceptors (Lipinski definition) is 13. The summed E-state index contributed by atoms with van der Waals surface area (Å²) in [5.74, 6) is -2.17. The molecule has 4 amide bonds. The standard InChI is InChI=1S/C41H45N7O9/c49-36-10-9-35(39(50)44-36)48-40(51)31-3-1-4-34(37(31)41(48)52)43-15-18-55-20-22-57-24-23-56-21-19-54-17-2-16-47-26-32(38(45-47)27-11-13-42-14-12-27)29-5-7-30-28(25-29)6-8-33(30)46-53/h1,3-5,7,11-14,25-26,35,43,53H,2,6,8-10,15-24H2,(H,44,49,50)/b46-33+. The molecule has 0 bridgehead atoms. The van der Waals surface area contributed by atoms with Gasteiger partial charge >= 0.3 is 0 Å². The van der Waals surface area contributed by atoms with Crippen LogP contribution in [0.2, 0.25) is 0 Å². The van der Waals surface area contributed by atoms with Crippen LogP contribution < -0.4 is 10.6 Å². The van der Waals surface area contributed by atoms with Crippen molar-refractivity contribution in [3.05, 3.63) is 89.4 Å². The van der Waals surface area contributed by atoms with E-state index in [4.69, 9.17) is 24.0 Å². The molecule has 1 fully saturated rings. The maximum atomic E-state index is 13.2. The Morgan fingerprint density at radius 3 is 2.26 bits per heavy atom. The fraction of sp³-hybridized carbons (Fsp3) is 0.390. The van der Waals surface area contributed by atoms with Gasteiger partial charge in [0.25, 0.3) is 11.8 Å². The first-order valence-corrected chi connectivity index (χ1v) is 19.1. The minimum atomic E-state index is -1.01. The van der Waals surface area contributed by atoms with Gasteiger partial charge in [-0.1, -0.05) is 29.4 Å². The Morgan fingerprint density at radius 2 is 1.53 bits per heavy atom. The molecule has 16 heteroatoms. The fourth-order valence-corrected chi connectivity index (χ4v) is 7.22. The van der Waals surface area contributed by atoms with Crippen molar-refractivity contribution < 1.29 is 43.3 Å². The van der Waals surface area contributed by atoms with E-state index in [0.29, 0.717) is 71.6 Å². The van der Waals surface area contributed by atoms with Crippen molar-refractivity contribution in [2.24, 2.45) is 5.16 Å². The number of amides is 4. The summed E-state index contributed by atoms with van der Waals surface area (Å²) in [6.45, 7) is 4.50. The van der Waals surface area contributed by atoms with Gasteiger partial charge in [0.05, 0.1) is 63.1 Å². The van der Waals surface area contributed by atoms with E-state index in [2.05, 4.69) is 39.1 Å². The van der Waals surface area contributed by atoms with Crippen LogP contribution in [0.5, 0.6) is 0 Å². The minimum Gasteiger partial charge on any atom is -0.411 e. The van der Waals surface area contributed by atoms with E-state index in [9.17, 15) is 24.4 Å². The van der Waals surface area contributed by atoms with Crippen molar-refractivity contribution in [1.82, 2.24) is 25.0 Å². The number of rotatable bonds is 20. The summed E-state index contributed by atoms with van der Waals surface area (Å²) in [6, 6.07) is 14.1. The zero-order valence-electron chi connectivity index (χ0n) is 31.5. The number of hydrogen-bond donors (Lipinski definition) is 3. The van der Waals surface area contributed by atoms with Crippen LogP contribution in [0.1, 0.15) is 57.5 Å². The molecule has 0 spiro atoms. The molecular weight excluding hydrogens is 734 g/mol. The van der Waals surface area contributed by atoms with Gasteiger partial charge in [0.2, 0.25) is 11.8 Å². The number of carbonyl (C=O) groups is 4. The summed E-state index contributed by atoms with van der Waals surface area (Å²) in [6.07, 6.45) is 8.13. The third kappa shape index (κ3) is 9.26. The lowest BCUT2D eigenvalue weighted by Crippen LogP contribution is -2.54. The smallest absolute Gasteiger partial charge is 0.264 e. The molecule has 7 rings (SSSR count). The van der Waals surface area contributed by atoms with E-state index in [1.807, 2.05) is 22.9 Å². The number of piperidine rings is 1. The quantitative estimate of drug-likeness (QED) is 0.0510. The van der Waals surface area contributed by atoms with Gasteiger partial charge in [-0.3, -0.25) is 39.1 Å². The average Bonchev–Trinajstić information content (AvgIpc) is 3.92. The predicted octanol–water partition coefficient (Wildman–Crippen LogP) is 3.71. The Hall–Kier alpha value is -5.81. The lowest BCUT2D eigenvalue weighted by molar-refractivity contribution is -0.136. The normalized spacial score (nSPS) is 17.0. The second-order valence-electron chi connectivity index (χ2n) is 13.7. The van der Waals surface area contributed by atoms with Gasteiger partial charge in [0.15, 0.2) is 0 Å². The summed E-state index contributed by atoms with van der Waals surface area (Å²) >= 11 is 0. The molecule has 0 radical (unpaired) electrons. The number of anilines is 1. The monoisotopic (exact) mass is 779 g/mol. The largest absolute Gasteiger partial charge is 0.411 e. The van der Waals surface area contributed by atoms with Crippen molar-refractivity contribution in [1.29, 1.82) is 0 Å². The average molecular weight is 780 g/mol. The van der Waals surface area contributed by atoms with Gasteiger partial charge in [0, 0.05) is 67.1 Å². The predicted molar refractivity (Wildman–Crippen MR) is 207 cm³/mol. The molecule has 3 N–H and O–H groups in total. The van der Waals surface area contributed by atoms with Crippen molar-refractivity contribution >= 4 is 35.0 Å². The van der Waals surface area contributed by atoms with Crippen molar-refractivity contribution in [2.75, 3.05) is 64.7 Å². The van der Waals surface area contributed by atoms with Gasteiger partial charge in [-0.2, -0.15) is 5.10 Å². The zero-order chi connectivity index (χ0) is 39.6. The Labute approximate surface area is 329 Å². The van der Waals surface area contributed by atoms with Gasteiger partial charge < -0.3 is 29.5 Å². The van der Waals surface area contributed by atoms with Crippen molar-refractivity contribution in [3.63, 3.8) is 0 Å². The van der Waals surface area contributed by atoms with Crippen LogP contribution >= 0.6 is 0 Å². The lowest BCUT2D eigenvalue weighted by atomic mass is 9.98. The van der Waals surface area contributed by atoms with Gasteiger partial charge in [-0.05, 0) is 61.1 Å². The highest BCUT2D eigenvalue weighted by Gasteiger charge is 2.45. The number of pyridine rings is 1. The molecule has 298 valence electrons. The number of benzene rings is 2. The third-order valence-corrected chi connectivity index (χ3v) is 10.0. The molecular formula is C41H45N7O9. The minimum absolute atomic E-state index is 0.0641. The molecule has 2 aliphatic heterocycles. The Kier molecular flexibility index (Phi) is 13.1. The number of nitrogens with zero attached hydrogens (tertiary/aromatic N) is 5. The summed E-state index contributed by atoms with van der Waals surface area (Å²) in [7, 11) is 0. The number of imide groups is 2. The zero-order valence-corrected chi connectivity index (χ0v) is 31.5. The van der Waals surface area contributed by atoms with E-state index >= 15 is 0 Å². The Morgan fingerprint density at radius 1 is 0.789 bits per heavy atom. The lowest BCUT2D eigenvalue weighted by Gasteiger charge is -2.27. The van der Waals surface area contributed by atoms with E-state index in [1.54, 1.807) is 30.6 Å². The van der Waals surface area contributed by atoms with Crippen LogP contribution in [-0.2, 0) is 41.5 Å². The second-order valence-corrected chi connectivity index (χ2v) is 13.7. The first-order valence-electron chi connectivity index (χ1n) is 19.1. The van der Waals surface area contributed by atoms with Gasteiger partial charge in [-0.25, -0.2) is 0 Å². The first kappa shape index (κ1) is 39.4. The molecule has 1 atom stereocenters. The summed E-state index contributed by atoms with van der Waals surface area (Å²) in [5, 5.41) is 23.0.